The third-order valence-corrected chi connectivity index (χ3v) is 4.74. The van der Waals surface area contributed by atoms with E-state index in [4.69, 9.17) is 5.73 Å². The minimum absolute atomic E-state index is 0. The van der Waals surface area contributed by atoms with Crippen LogP contribution in [-0.2, 0) is 0 Å². The molecule has 110 valence electrons. The van der Waals surface area contributed by atoms with E-state index in [-0.39, 0.29) is 23.9 Å². The number of nitrogens with one attached hydrogen (secondary N) is 1. The van der Waals surface area contributed by atoms with E-state index in [2.05, 4.69) is 19.2 Å². The van der Waals surface area contributed by atoms with E-state index in [0.29, 0.717) is 12.1 Å². The molecule has 0 aliphatic rings. The van der Waals surface area contributed by atoms with Gasteiger partial charge in [0.15, 0.2) is 0 Å². The number of hydrogen-bond acceptors (Lipinski definition) is 3. The topological polar surface area (TPSA) is 55.1 Å². The van der Waals surface area contributed by atoms with Crippen LogP contribution < -0.4 is 11.1 Å². The molecule has 0 aliphatic heterocycles. The van der Waals surface area contributed by atoms with Crippen LogP contribution in [0.15, 0.2) is 29.6 Å². The number of nitrogens with two attached hydrogens (primary N) is 1. The Bertz CT molecular complexity index is 570. The molecule has 0 saturated carbocycles. The quantitative estimate of drug-likeness (QED) is 0.886. The maximum atomic E-state index is 12.3. The molecular weight excluding hydrogens is 292 g/mol. The van der Waals surface area contributed by atoms with E-state index in [1.165, 1.54) is 4.70 Å². The zero-order valence-corrected chi connectivity index (χ0v) is 13.4. The molecule has 0 bridgehead atoms. The molecule has 1 heterocycles. The fraction of sp³-hybridized carbons (Fsp3) is 0.400. The van der Waals surface area contributed by atoms with Crippen molar-refractivity contribution in [3.05, 3.63) is 35.2 Å². The molecule has 1 aromatic heterocycles. The van der Waals surface area contributed by atoms with Gasteiger partial charge < -0.3 is 11.1 Å². The van der Waals surface area contributed by atoms with Crippen LogP contribution in [-0.4, -0.2) is 18.0 Å². The first-order valence-electron chi connectivity index (χ1n) is 6.64. The van der Waals surface area contributed by atoms with Crippen molar-refractivity contribution in [2.75, 3.05) is 6.54 Å². The highest BCUT2D eigenvalue weighted by Crippen LogP contribution is 2.22. The summed E-state index contributed by atoms with van der Waals surface area (Å²) in [5.41, 5.74) is 6.22. The molecule has 3 N–H and O–H groups in total. The summed E-state index contributed by atoms with van der Waals surface area (Å²) < 4.78 is 1.20. The number of rotatable bonds is 5. The van der Waals surface area contributed by atoms with Gasteiger partial charge in [-0.3, -0.25) is 4.79 Å². The minimum atomic E-state index is -0.291. The molecule has 0 radical (unpaired) electrons. The van der Waals surface area contributed by atoms with Crippen molar-refractivity contribution in [3.63, 3.8) is 0 Å². The lowest BCUT2D eigenvalue weighted by molar-refractivity contribution is 0.0895. The number of carbonyl (C=O) groups is 1. The first kappa shape index (κ1) is 17.0. The average Bonchev–Trinajstić information content (AvgIpc) is 2.92. The second-order valence-electron chi connectivity index (χ2n) is 4.82. The Hall–Kier alpha value is -1.10. The molecule has 0 aliphatic carbocycles. The van der Waals surface area contributed by atoms with Gasteiger partial charge >= 0.3 is 0 Å². The molecule has 0 unspecified atom stereocenters. The predicted octanol–water partition coefficient (Wildman–Crippen LogP) is 3.57. The Morgan fingerprint density at radius 1 is 1.30 bits per heavy atom. The van der Waals surface area contributed by atoms with Gasteiger partial charge in [0.05, 0.1) is 5.54 Å². The van der Waals surface area contributed by atoms with Gasteiger partial charge in [0.1, 0.15) is 0 Å². The fourth-order valence-corrected chi connectivity index (χ4v) is 2.96. The van der Waals surface area contributed by atoms with E-state index in [1.54, 1.807) is 11.3 Å². The van der Waals surface area contributed by atoms with Gasteiger partial charge in [0.25, 0.3) is 5.91 Å². The van der Waals surface area contributed by atoms with E-state index >= 15 is 0 Å². The second kappa shape index (κ2) is 7.07. The molecule has 3 nitrogen and oxygen atoms in total. The fourth-order valence-electron chi connectivity index (χ4n) is 2.19. The minimum Gasteiger partial charge on any atom is -0.345 e. The molecule has 0 saturated heterocycles. The molecule has 1 amide bonds. The van der Waals surface area contributed by atoms with Crippen LogP contribution in [0.4, 0.5) is 0 Å². The summed E-state index contributed by atoms with van der Waals surface area (Å²) in [5, 5.41) is 6.24. The Morgan fingerprint density at radius 2 is 2.00 bits per heavy atom. The largest absolute Gasteiger partial charge is 0.345 e. The highest BCUT2D eigenvalue weighted by atomic mass is 35.5. The van der Waals surface area contributed by atoms with E-state index < -0.39 is 0 Å². The molecular formula is C15H21ClN2OS. The van der Waals surface area contributed by atoms with Crippen molar-refractivity contribution in [1.82, 2.24) is 5.32 Å². The van der Waals surface area contributed by atoms with Crippen LogP contribution in [0.3, 0.4) is 0 Å². The van der Waals surface area contributed by atoms with Gasteiger partial charge in [-0.25, -0.2) is 0 Å². The van der Waals surface area contributed by atoms with Crippen molar-refractivity contribution >= 4 is 39.7 Å². The second-order valence-corrected chi connectivity index (χ2v) is 5.77. The Morgan fingerprint density at radius 3 is 2.60 bits per heavy atom. The number of amides is 1. The number of benzene rings is 1. The first-order valence-corrected chi connectivity index (χ1v) is 7.52. The maximum absolute atomic E-state index is 12.3. The van der Waals surface area contributed by atoms with Gasteiger partial charge in [-0.15, -0.1) is 23.7 Å². The molecule has 1 aromatic carbocycles. The lowest BCUT2D eigenvalue weighted by atomic mass is 9.92. The third kappa shape index (κ3) is 3.32. The molecule has 20 heavy (non-hydrogen) atoms. The van der Waals surface area contributed by atoms with Crippen LogP contribution in [0.5, 0.6) is 0 Å². The zero-order valence-electron chi connectivity index (χ0n) is 11.8. The van der Waals surface area contributed by atoms with Crippen molar-refractivity contribution in [1.29, 1.82) is 0 Å². The molecule has 2 aromatic rings. The van der Waals surface area contributed by atoms with E-state index in [1.807, 2.05) is 29.6 Å². The summed E-state index contributed by atoms with van der Waals surface area (Å²) in [6.07, 6.45) is 1.68. The van der Waals surface area contributed by atoms with Crippen LogP contribution in [0, 0.1) is 0 Å². The third-order valence-electron chi connectivity index (χ3n) is 3.84. The van der Waals surface area contributed by atoms with E-state index in [0.717, 1.165) is 18.2 Å². The monoisotopic (exact) mass is 312 g/mol. The predicted molar refractivity (Wildman–Crippen MR) is 88.9 cm³/mol. The normalized spacial score (nSPS) is 11.2. The SMILES string of the molecule is CCC(CC)(CN)NC(=O)c1ccc2sccc2c1.Cl. The molecule has 0 atom stereocenters. The standard InChI is InChI=1S/C15H20N2OS.ClH/c1-3-15(4-2,10-16)17-14(18)12-5-6-13-11(9-12)7-8-19-13;/h5-9H,3-4,10,16H2,1-2H3,(H,17,18);1H. The Balaban J connectivity index is 0.00000200. The zero-order chi connectivity index (χ0) is 13.9. The van der Waals surface area contributed by atoms with Gasteiger partial charge in [-0.05, 0) is 47.9 Å². The van der Waals surface area contributed by atoms with Crippen molar-refractivity contribution in [2.45, 2.75) is 32.2 Å². The summed E-state index contributed by atoms with van der Waals surface area (Å²) in [4.78, 5) is 12.3. The smallest absolute Gasteiger partial charge is 0.251 e. The lowest BCUT2D eigenvalue weighted by Gasteiger charge is -2.31. The number of hydrogen-bond donors (Lipinski definition) is 2. The summed E-state index contributed by atoms with van der Waals surface area (Å²) in [6, 6.07) is 7.85. The Kier molecular flexibility index (Phi) is 5.99. The maximum Gasteiger partial charge on any atom is 0.251 e. The van der Waals surface area contributed by atoms with Crippen LogP contribution in [0.25, 0.3) is 10.1 Å². The highest BCUT2D eigenvalue weighted by Gasteiger charge is 2.26. The molecule has 5 heteroatoms. The Labute approximate surface area is 130 Å². The number of thiophene rings is 1. The first-order chi connectivity index (χ1) is 9.14. The summed E-state index contributed by atoms with van der Waals surface area (Å²) in [6.45, 7) is 4.57. The summed E-state index contributed by atoms with van der Waals surface area (Å²) >= 11 is 1.68. The van der Waals surface area contributed by atoms with Crippen molar-refractivity contribution in [3.8, 4) is 0 Å². The van der Waals surface area contributed by atoms with Crippen molar-refractivity contribution in [2.24, 2.45) is 5.73 Å². The van der Waals surface area contributed by atoms with Crippen LogP contribution in [0.1, 0.15) is 37.0 Å². The number of fused-ring (bicyclic) bond motifs is 1. The van der Waals surface area contributed by atoms with Gasteiger partial charge in [-0.1, -0.05) is 13.8 Å². The van der Waals surface area contributed by atoms with Crippen molar-refractivity contribution < 1.29 is 4.79 Å². The van der Waals surface area contributed by atoms with Gasteiger partial charge in [0, 0.05) is 16.8 Å². The molecule has 2 rings (SSSR count). The average molecular weight is 313 g/mol. The molecule has 0 fully saturated rings. The molecule has 0 spiro atoms. The lowest BCUT2D eigenvalue weighted by Crippen LogP contribution is -2.52. The van der Waals surface area contributed by atoms with Crippen LogP contribution >= 0.6 is 23.7 Å². The highest BCUT2D eigenvalue weighted by molar-refractivity contribution is 7.17. The number of halogens is 1. The van der Waals surface area contributed by atoms with E-state index in [9.17, 15) is 4.79 Å². The number of carbonyl (C=O) groups excluding carboxylic acids is 1. The summed E-state index contributed by atoms with van der Waals surface area (Å²) in [5.74, 6) is -0.0396. The summed E-state index contributed by atoms with van der Waals surface area (Å²) in [7, 11) is 0. The van der Waals surface area contributed by atoms with Gasteiger partial charge in [-0.2, -0.15) is 0 Å². The van der Waals surface area contributed by atoms with Crippen LogP contribution in [0.2, 0.25) is 0 Å². The van der Waals surface area contributed by atoms with Gasteiger partial charge in [0.2, 0.25) is 0 Å².